The molecule has 110 valence electrons. The Morgan fingerprint density at radius 3 is 2.58 bits per heavy atom. The third-order valence-electron chi connectivity index (χ3n) is 4.09. The SMILES string of the molecule is CCCCC(CC)C(CCc1nccn1C)NCC. The van der Waals surface area contributed by atoms with E-state index in [-0.39, 0.29) is 0 Å². The summed E-state index contributed by atoms with van der Waals surface area (Å²) in [6.07, 6.45) is 11.5. The third kappa shape index (κ3) is 5.35. The van der Waals surface area contributed by atoms with Crippen LogP contribution >= 0.6 is 0 Å². The minimum Gasteiger partial charge on any atom is -0.338 e. The van der Waals surface area contributed by atoms with Gasteiger partial charge in [-0.3, -0.25) is 0 Å². The van der Waals surface area contributed by atoms with Gasteiger partial charge in [0.05, 0.1) is 0 Å². The van der Waals surface area contributed by atoms with E-state index in [1.807, 2.05) is 12.4 Å². The van der Waals surface area contributed by atoms with Crippen LogP contribution in [0, 0.1) is 5.92 Å². The molecule has 1 heterocycles. The molecule has 0 spiro atoms. The van der Waals surface area contributed by atoms with Crippen molar-refractivity contribution < 1.29 is 0 Å². The van der Waals surface area contributed by atoms with Crippen molar-refractivity contribution in [1.29, 1.82) is 0 Å². The van der Waals surface area contributed by atoms with Crippen molar-refractivity contribution in [3.05, 3.63) is 18.2 Å². The predicted molar refractivity (Wildman–Crippen MR) is 82.3 cm³/mol. The maximum Gasteiger partial charge on any atom is 0.108 e. The van der Waals surface area contributed by atoms with E-state index in [4.69, 9.17) is 0 Å². The van der Waals surface area contributed by atoms with Gasteiger partial charge in [-0.2, -0.15) is 0 Å². The molecule has 0 saturated heterocycles. The molecule has 2 unspecified atom stereocenters. The van der Waals surface area contributed by atoms with Gasteiger partial charge in [0.2, 0.25) is 0 Å². The summed E-state index contributed by atoms with van der Waals surface area (Å²) < 4.78 is 2.13. The van der Waals surface area contributed by atoms with Gasteiger partial charge in [-0.15, -0.1) is 0 Å². The number of hydrogen-bond donors (Lipinski definition) is 1. The minimum absolute atomic E-state index is 0.637. The van der Waals surface area contributed by atoms with E-state index in [9.17, 15) is 0 Å². The second-order valence-electron chi connectivity index (χ2n) is 5.47. The first kappa shape index (κ1) is 16.2. The average molecular weight is 265 g/mol. The molecule has 1 N–H and O–H groups in total. The van der Waals surface area contributed by atoms with Crippen molar-refractivity contribution in [1.82, 2.24) is 14.9 Å². The zero-order valence-corrected chi connectivity index (χ0v) is 13.2. The fraction of sp³-hybridized carbons (Fsp3) is 0.812. The summed E-state index contributed by atoms with van der Waals surface area (Å²) in [6, 6.07) is 0.637. The van der Waals surface area contributed by atoms with Gasteiger partial charge in [0.1, 0.15) is 5.82 Å². The van der Waals surface area contributed by atoms with Gasteiger partial charge in [0.15, 0.2) is 0 Å². The molecule has 0 radical (unpaired) electrons. The standard InChI is InChI=1S/C16H31N3/c1-5-8-9-14(6-2)15(17-7-3)10-11-16-18-12-13-19(16)4/h12-15,17H,5-11H2,1-4H3. The monoisotopic (exact) mass is 265 g/mol. The summed E-state index contributed by atoms with van der Waals surface area (Å²) in [6.45, 7) is 7.88. The number of hydrogen-bond acceptors (Lipinski definition) is 2. The molecular formula is C16H31N3. The number of rotatable bonds is 10. The second kappa shape index (κ2) is 9.13. The Balaban J connectivity index is 2.52. The molecular weight excluding hydrogens is 234 g/mol. The smallest absolute Gasteiger partial charge is 0.108 e. The van der Waals surface area contributed by atoms with Crippen LogP contribution in [0.4, 0.5) is 0 Å². The highest BCUT2D eigenvalue weighted by molar-refractivity contribution is 4.92. The maximum absolute atomic E-state index is 4.43. The van der Waals surface area contributed by atoms with E-state index in [1.54, 1.807) is 0 Å². The fourth-order valence-electron chi connectivity index (χ4n) is 2.84. The minimum atomic E-state index is 0.637. The first-order valence-electron chi connectivity index (χ1n) is 7.92. The Labute approximate surface area is 118 Å². The lowest BCUT2D eigenvalue weighted by Gasteiger charge is -2.27. The lowest BCUT2D eigenvalue weighted by Crippen LogP contribution is -2.36. The van der Waals surface area contributed by atoms with Crippen molar-refractivity contribution in [3.8, 4) is 0 Å². The molecule has 0 aliphatic heterocycles. The number of nitrogens with one attached hydrogen (secondary N) is 1. The molecule has 1 aromatic heterocycles. The Kier molecular flexibility index (Phi) is 7.80. The van der Waals surface area contributed by atoms with Crippen LogP contribution in [0.3, 0.4) is 0 Å². The normalized spacial score (nSPS) is 14.5. The molecule has 1 rings (SSSR count). The molecule has 0 saturated carbocycles. The van der Waals surface area contributed by atoms with Crippen molar-refractivity contribution in [2.24, 2.45) is 13.0 Å². The molecule has 0 aromatic carbocycles. The van der Waals surface area contributed by atoms with Crippen molar-refractivity contribution in [2.45, 2.75) is 65.3 Å². The summed E-state index contributed by atoms with van der Waals surface area (Å²) in [7, 11) is 2.08. The van der Waals surface area contributed by atoms with Crippen LogP contribution in [0.25, 0.3) is 0 Å². The number of imidazole rings is 1. The number of unbranched alkanes of at least 4 members (excludes halogenated alkanes) is 1. The molecule has 0 amide bonds. The molecule has 3 nitrogen and oxygen atoms in total. The first-order valence-corrected chi connectivity index (χ1v) is 7.92. The van der Waals surface area contributed by atoms with Gasteiger partial charge in [-0.25, -0.2) is 4.98 Å². The summed E-state index contributed by atoms with van der Waals surface area (Å²) in [5.41, 5.74) is 0. The highest BCUT2D eigenvalue weighted by atomic mass is 15.0. The van der Waals surface area contributed by atoms with E-state index in [2.05, 4.69) is 42.7 Å². The van der Waals surface area contributed by atoms with E-state index in [0.717, 1.165) is 18.9 Å². The van der Waals surface area contributed by atoms with Gasteiger partial charge < -0.3 is 9.88 Å². The van der Waals surface area contributed by atoms with Gasteiger partial charge in [0, 0.05) is 31.9 Å². The van der Waals surface area contributed by atoms with Crippen LogP contribution < -0.4 is 5.32 Å². The molecule has 0 aliphatic rings. The topological polar surface area (TPSA) is 29.9 Å². The van der Waals surface area contributed by atoms with Crippen LogP contribution in [-0.2, 0) is 13.5 Å². The van der Waals surface area contributed by atoms with Crippen molar-refractivity contribution in [3.63, 3.8) is 0 Å². The Morgan fingerprint density at radius 1 is 1.26 bits per heavy atom. The lowest BCUT2D eigenvalue weighted by molar-refractivity contribution is 0.305. The zero-order valence-electron chi connectivity index (χ0n) is 13.2. The van der Waals surface area contributed by atoms with Crippen LogP contribution in [0.5, 0.6) is 0 Å². The molecule has 0 bridgehead atoms. The van der Waals surface area contributed by atoms with Gasteiger partial charge in [-0.1, -0.05) is 40.0 Å². The summed E-state index contributed by atoms with van der Waals surface area (Å²) in [4.78, 5) is 4.43. The Hall–Kier alpha value is -0.830. The predicted octanol–water partition coefficient (Wildman–Crippen LogP) is 3.55. The summed E-state index contributed by atoms with van der Waals surface area (Å²) in [5.74, 6) is 2.01. The zero-order chi connectivity index (χ0) is 14.1. The van der Waals surface area contributed by atoms with Crippen LogP contribution in [0.2, 0.25) is 0 Å². The highest BCUT2D eigenvalue weighted by Crippen LogP contribution is 2.20. The quantitative estimate of drug-likeness (QED) is 0.701. The van der Waals surface area contributed by atoms with Crippen LogP contribution in [0.15, 0.2) is 12.4 Å². The fourth-order valence-corrected chi connectivity index (χ4v) is 2.84. The Bertz CT molecular complexity index is 332. The lowest BCUT2D eigenvalue weighted by atomic mass is 9.88. The van der Waals surface area contributed by atoms with Gasteiger partial charge in [-0.05, 0) is 25.3 Å². The van der Waals surface area contributed by atoms with Gasteiger partial charge in [0.25, 0.3) is 0 Å². The Morgan fingerprint density at radius 2 is 2.05 bits per heavy atom. The molecule has 0 aliphatic carbocycles. The number of aryl methyl sites for hydroxylation is 2. The van der Waals surface area contributed by atoms with Gasteiger partial charge >= 0.3 is 0 Å². The van der Waals surface area contributed by atoms with Crippen LogP contribution in [-0.4, -0.2) is 22.1 Å². The maximum atomic E-state index is 4.43. The molecule has 1 aromatic rings. The van der Waals surface area contributed by atoms with E-state index < -0.39 is 0 Å². The molecule has 0 fully saturated rings. The van der Waals surface area contributed by atoms with Crippen molar-refractivity contribution in [2.75, 3.05) is 6.54 Å². The van der Waals surface area contributed by atoms with Crippen LogP contribution in [0.1, 0.15) is 58.7 Å². The largest absolute Gasteiger partial charge is 0.338 e. The van der Waals surface area contributed by atoms with E-state index >= 15 is 0 Å². The number of aromatic nitrogens is 2. The summed E-state index contributed by atoms with van der Waals surface area (Å²) >= 11 is 0. The summed E-state index contributed by atoms with van der Waals surface area (Å²) in [5, 5.41) is 3.69. The first-order chi connectivity index (χ1) is 9.22. The number of nitrogens with zero attached hydrogens (tertiary/aromatic N) is 2. The van der Waals surface area contributed by atoms with Crippen molar-refractivity contribution >= 4 is 0 Å². The highest BCUT2D eigenvalue weighted by Gasteiger charge is 2.19. The third-order valence-corrected chi connectivity index (χ3v) is 4.09. The average Bonchev–Trinajstić information content (AvgIpc) is 2.82. The second-order valence-corrected chi connectivity index (χ2v) is 5.47. The van der Waals surface area contributed by atoms with E-state index in [1.165, 1.54) is 37.9 Å². The molecule has 3 heteroatoms. The molecule has 19 heavy (non-hydrogen) atoms. The van der Waals surface area contributed by atoms with E-state index in [0.29, 0.717) is 6.04 Å². The molecule has 2 atom stereocenters.